The van der Waals surface area contributed by atoms with Crippen LogP contribution >= 0.6 is 0 Å². The molecule has 0 saturated carbocycles. The molecule has 0 aliphatic rings. The first-order chi connectivity index (χ1) is 13.6. The third-order valence-corrected chi connectivity index (χ3v) is 4.75. The molecular weight excluding hydrogens is 374 g/mol. The lowest BCUT2D eigenvalue weighted by molar-refractivity contribution is -0.384. The molecule has 2 aromatic rings. The first kappa shape index (κ1) is 21.9. The average molecular weight is 399 g/mol. The SMILES string of the molecule is CC(=O)Oc1c(C)c(C)c(O)c(C/C=C(\C)COc2ccc([N+](=O)[O-])cc2)c1C. The van der Waals surface area contributed by atoms with E-state index in [0.717, 1.165) is 16.7 Å². The molecule has 0 bridgehead atoms. The molecular formula is C22H25NO6. The van der Waals surface area contributed by atoms with Gasteiger partial charge >= 0.3 is 5.97 Å². The summed E-state index contributed by atoms with van der Waals surface area (Å²) in [5.41, 5.74) is 3.76. The number of carbonyl (C=O) groups excluding carboxylic acids is 1. The van der Waals surface area contributed by atoms with Crippen molar-refractivity contribution in [2.24, 2.45) is 0 Å². The van der Waals surface area contributed by atoms with E-state index in [-0.39, 0.29) is 11.4 Å². The second-order valence-electron chi connectivity index (χ2n) is 6.92. The van der Waals surface area contributed by atoms with Gasteiger partial charge in [-0.1, -0.05) is 6.08 Å². The fourth-order valence-electron chi connectivity index (χ4n) is 2.91. The zero-order valence-corrected chi connectivity index (χ0v) is 17.2. The highest BCUT2D eigenvalue weighted by molar-refractivity contribution is 5.72. The van der Waals surface area contributed by atoms with Gasteiger partial charge in [0.1, 0.15) is 23.9 Å². The van der Waals surface area contributed by atoms with E-state index in [1.807, 2.05) is 26.8 Å². The number of phenolic OH excluding ortho intramolecular Hbond substituents is 1. The molecule has 7 heteroatoms. The Labute approximate surface area is 169 Å². The summed E-state index contributed by atoms with van der Waals surface area (Å²) in [5.74, 6) is 0.799. The highest BCUT2D eigenvalue weighted by Crippen LogP contribution is 2.37. The first-order valence-corrected chi connectivity index (χ1v) is 9.14. The Hall–Kier alpha value is -3.35. The summed E-state index contributed by atoms with van der Waals surface area (Å²) in [7, 11) is 0. The van der Waals surface area contributed by atoms with Gasteiger partial charge < -0.3 is 14.6 Å². The van der Waals surface area contributed by atoms with Crippen LogP contribution in [0, 0.1) is 30.9 Å². The van der Waals surface area contributed by atoms with Crippen molar-refractivity contribution in [1.82, 2.24) is 0 Å². The third-order valence-electron chi connectivity index (χ3n) is 4.75. The molecule has 0 aliphatic heterocycles. The monoisotopic (exact) mass is 399 g/mol. The standard InChI is InChI=1S/C22H25NO6/c1-13(12-28-19-9-7-18(8-10-19)23(26)27)6-11-20-16(4)22(29-17(5)24)15(3)14(2)21(20)25/h6-10,25H,11-12H2,1-5H3/b13-6+. The van der Waals surface area contributed by atoms with Gasteiger partial charge in [0.15, 0.2) is 0 Å². The van der Waals surface area contributed by atoms with Gasteiger partial charge in [0, 0.05) is 24.6 Å². The fraction of sp³-hybridized carbons (Fsp3) is 0.318. The van der Waals surface area contributed by atoms with Gasteiger partial charge in [-0.25, -0.2) is 0 Å². The van der Waals surface area contributed by atoms with Gasteiger partial charge in [0.25, 0.3) is 5.69 Å². The summed E-state index contributed by atoms with van der Waals surface area (Å²) in [5, 5.41) is 21.2. The second kappa shape index (κ2) is 9.23. The van der Waals surface area contributed by atoms with Crippen LogP contribution in [0.1, 0.15) is 36.1 Å². The number of rotatable bonds is 7. The molecule has 0 unspecified atom stereocenters. The van der Waals surface area contributed by atoms with Crippen molar-refractivity contribution in [3.63, 3.8) is 0 Å². The summed E-state index contributed by atoms with van der Waals surface area (Å²) >= 11 is 0. The Balaban J connectivity index is 2.14. The molecule has 0 radical (unpaired) electrons. The Morgan fingerprint density at radius 1 is 1.10 bits per heavy atom. The second-order valence-corrected chi connectivity index (χ2v) is 6.92. The maximum absolute atomic E-state index is 11.4. The Kier molecular flexibility index (Phi) is 6.98. The van der Waals surface area contributed by atoms with Crippen LogP contribution in [0.4, 0.5) is 5.69 Å². The van der Waals surface area contributed by atoms with Crippen LogP contribution < -0.4 is 9.47 Å². The molecule has 154 valence electrons. The van der Waals surface area contributed by atoms with E-state index in [4.69, 9.17) is 9.47 Å². The van der Waals surface area contributed by atoms with Crippen LogP contribution in [-0.4, -0.2) is 22.6 Å². The van der Waals surface area contributed by atoms with Crippen molar-refractivity contribution in [3.05, 3.63) is 68.3 Å². The van der Waals surface area contributed by atoms with E-state index >= 15 is 0 Å². The highest BCUT2D eigenvalue weighted by Gasteiger charge is 2.18. The van der Waals surface area contributed by atoms with Crippen LogP contribution in [0.2, 0.25) is 0 Å². The van der Waals surface area contributed by atoms with Crippen LogP contribution in [-0.2, 0) is 11.2 Å². The topological polar surface area (TPSA) is 98.9 Å². The van der Waals surface area contributed by atoms with Crippen molar-refractivity contribution in [2.75, 3.05) is 6.61 Å². The number of esters is 1. The van der Waals surface area contributed by atoms with Crippen LogP contribution in [0.3, 0.4) is 0 Å². The molecule has 0 spiro atoms. The minimum absolute atomic E-state index is 0.00823. The summed E-state index contributed by atoms with van der Waals surface area (Å²) in [4.78, 5) is 21.6. The van der Waals surface area contributed by atoms with Crippen LogP contribution in [0.15, 0.2) is 35.9 Å². The van der Waals surface area contributed by atoms with E-state index in [9.17, 15) is 20.0 Å². The third kappa shape index (κ3) is 5.34. The fourth-order valence-corrected chi connectivity index (χ4v) is 2.91. The average Bonchev–Trinajstić information content (AvgIpc) is 2.68. The van der Waals surface area contributed by atoms with Crippen molar-refractivity contribution in [3.8, 4) is 17.2 Å². The summed E-state index contributed by atoms with van der Waals surface area (Å²) < 4.78 is 11.0. The molecule has 7 nitrogen and oxygen atoms in total. The minimum Gasteiger partial charge on any atom is -0.507 e. The van der Waals surface area contributed by atoms with Crippen LogP contribution in [0.5, 0.6) is 17.2 Å². The van der Waals surface area contributed by atoms with Gasteiger partial charge in [-0.05, 0) is 68.5 Å². The largest absolute Gasteiger partial charge is 0.507 e. The van der Waals surface area contributed by atoms with Crippen molar-refractivity contribution < 1.29 is 24.3 Å². The van der Waals surface area contributed by atoms with Crippen molar-refractivity contribution in [2.45, 2.75) is 41.0 Å². The number of nitrogens with zero attached hydrogens (tertiary/aromatic N) is 1. The molecule has 29 heavy (non-hydrogen) atoms. The van der Waals surface area contributed by atoms with E-state index in [1.165, 1.54) is 19.1 Å². The number of benzene rings is 2. The summed E-state index contributed by atoms with van der Waals surface area (Å²) in [6.07, 6.45) is 2.38. The number of nitro benzene ring substituents is 1. The number of aromatic hydroxyl groups is 1. The Bertz CT molecular complexity index is 961. The maximum Gasteiger partial charge on any atom is 0.308 e. The molecule has 0 fully saturated rings. The highest BCUT2D eigenvalue weighted by atomic mass is 16.6. The molecule has 0 saturated heterocycles. The molecule has 0 aliphatic carbocycles. The van der Waals surface area contributed by atoms with Gasteiger partial charge in [0.2, 0.25) is 0 Å². The quantitative estimate of drug-likeness (QED) is 0.238. The Morgan fingerprint density at radius 2 is 1.72 bits per heavy atom. The number of ether oxygens (including phenoxy) is 2. The maximum atomic E-state index is 11.4. The van der Waals surface area contributed by atoms with Crippen LogP contribution in [0.25, 0.3) is 0 Å². The van der Waals surface area contributed by atoms with E-state index in [2.05, 4.69) is 0 Å². The van der Waals surface area contributed by atoms with E-state index < -0.39 is 10.9 Å². The number of carbonyl (C=O) groups is 1. The lowest BCUT2D eigenvalue weighted by atomic mass is 9.95. The molecule has 0 aromatic heterocycles. The summed E-state index contributed by atoms with van der Waals surface area (Å²) in [6.45, 7) is 8.96. The number of hydrogen-bond donors (Lipinski definition) is 1. The summed E-state index contributed by atoms with van der Waals surface area (Å²) in [6, 6.07) is 5.88. The molecule has 0 amide bonds. The van der Waals surface area contributed by atoms with Crippen molar-refractivity contribution >= 4 is 11.7 Å². The molecule has 1 N–H and O–H groups in total. The molecule has 2 aromatic carbocycles. The Morgan fingerprint density at radius 3 is 2.28 bits per heavy atom. The number of hydrogen-bond acceptors (Lipinski definition) is 6. The predicted molar refractivity (Wildman–Crippen MR) is 110 cm³/mol. The zero-order valence-electron chi connectivity index (χ0n) is 17.2. The lowest BCUT2D eigenvalue weighted by Crippen LogP contribution is -2.07. The lowest BCUT2D eigenvalue weighted by Gasteiger charge is -2.18. The predicted octanol–water partition coefficient (Wildman–Crippen LogP) is 4.72. The van der Waals surface area contributed by atoms with Gasteiger partial charge in [-0.2, -0.15) is 0 Å². The number of nitro groups is 1. The zero-order chi connectivity index (χ0) is 21.7. The smallest absolute Gasteiger partial charge is 0.308 e. The van der Waals surface area contributed by atoms with E-state index in [1.54, 1.807) is 19.1 Å². The van der Waals surface area contributed by atoms with Gasteiger partial charge in [0.05, 0.1) is 4.92 Å². The van der Waals surface area contributed by atoms with E-state index in [0.29, 0.717) is 35.7 Å². The normalized spacial score (nSPS) is 11.3. The number of allylic oxidation sites excluding steroid dienone is 1. The minimum atomic E-state index is -0.461. The molecule has 0 heterocycles. The number of phenols is 1. The molecule has 2 rings (SSSR count). The number of non-ortho nitro benzene ring substituents is 1. The first-order valence-electron chi connectivity index (χ1n) is 9.14. The molecule has 0 atom stereocenters. The van der Waals surface area contributed by atoms with Crippen molar-refractivity contribution in [1.29, 1.82) is 0 Å². The van der Waals surface area contributed by atoms with Gasteiger partial charge in [-0.15, -0.1) is 0 Å². The van der Waals surface area contributed by atoms with Gasteiger partial charge in [-0.3, -0.25) is 14.9 Å².